The SMILES string of the molecule is COc1ccc2c(c1)CN(C(=O)CCNC(=O)Cc1ccccc1)CC2. The molecule has 0 unspecified atom stereocenters. The van der Waals surface area contributed by atoms with Crippen LogP contribution in [0.15, 0.2) is 48.5 Å². The predicted octanol–water partition coefficient (Wildman–Crippen LogP) is 2.33. The average molecular weight is 352 g/mol. The van der Waals surface area contributed by atoms with Gasteiger partial charge in [-0.15, -0.1) is 0 Å². The maximum Gasteiger partial charge on any atom is 0.224 e. The van der Waals surface area contributed by atoms with Crippen molar-refractivity contribution in [1.82, 2.24) is 10.2 Å². The predicted molar refractivity (Wildman–Crippen MR) is 99.9 cm³/mol. The molecule has 1 N–H and O–H groups in total. The van der Waals surface area contributed by atoms with E-state index in [2.05, 4.69) is 11.4 Å². The molecule has 2 aromatic carbocycles. The molecule has 5 heteroatoms. The van der Waals surface area contributed by atoms with Gasteiger partial charge in [-0.3, -0.25) is 9.59 Å². The van der Waals surface area contributed by atoms with Crippen LogP contribution in [0.25, 0.3) is 0 Å². The first kappa shape index (κ1) is 18.0. The molecule has 0 fully saturated rings. The first-order valence-corrected chi connectivity index (χ1v) is 8.90. The van der Waals surface area contributed by atoms with Gasteiger partial charge in [0, 0.05) is 26.1 Å². The van der Waals surface area contributed by atoms with Crippen LogP contribution in [0, 0.1) is 0 Å². The van der Waals surface area contributed by atoms with Crippen molar-refractivity contribution in [2.24, 2.45) is 0 Å². The Kier molecular flexibility index (Phi) is 5.89. The first-order valence-electron chi connectivity index (χ1n) is 8.90. The van der Waals surface area contributed by atoms with E-state index in [1.807, 2.05) is 47.4 Å². The first-order chi connectivity index (χ1) is 12.7. The quantitative estimate of drug-likeness (QED) is 0.868. The van der Waals surface area contributed by atoms with Gasteiger partial charge in [0.25, 0.3) is 0 Å². The molecule has 3 rings (SSSR count). The number of carbonyl (C=O) groups is 2. The van der Waals surface area contributed by atoms with Crippen molar-refractivity contribution in [2.45, 2.75) is 25.8 Å². The average Bonchev–Trinajstić information content (AvgIpc) is 2.67. The number of methoxy groups -OCH3 is 1. The molecule has 0 saturated heterocycles. The van der Waals surface area contributed by atoms with Crippen LogP contribution in [0.5, 0.6) is 5.75 Å². The maximum absolute atomic E-state index is 12.4. The van der Waals surface area contributed by atoms with E-state index in [1.54, 1.807) is 7.11 Å². The second-order valence-corrected chi connectivity index (χ2v) is 6.46. The molecule has 2 amide bonds. The van der Waals surface area contributed by atoms with Crippen LogP contribution in [0.1, 0.15) is 23.1 Å². The lowest BCUT2D eigenvalue weighted by atomic mass is 9.99. The number of nitrogens with one attached hydrogen (secondary N) is 1. The molecule has 1 heterocycles. The molecule has 0 aliphatic carbocycles. The van der Waals surface area contributed by atoms with E-state index in [9.17, 15) is 9.59 Å². The van der Waals surface area contributed by atoms with Crippen molar-refractivity contribution < 1.29 is 14.3 Å². The smallest absolute Gasteiger partial charge is 0.224 e. The van der Waals surface area contributed by atoms with Gasteiger partial charge in [0.2, 0.25) is 11.8 Å². The molecule has 0 bridgehead atoms. The van der Waals surface area contributed by atoms with Crippen LogP contribution < -0.4 is 10.1 Å². The largest absolute Gasteiger partial charge is 0.497 e. The minimum Gasteiger partial charge on any atom is -0.497 e. The van der Waals surface area contributed by atoms with Crippen LogP contribution in [0.2, 0.25) is 0 Å². The molecule has 136 valence electrons. The third-order valence-corrected chi connectivity index (χ3v) is 4.65. The van der Waals surface area contributed by atoms with Gasteiger partial charge in [0.1, 0.15) is 5.75 Å². The Morgan fingerprint density at radius 3 is 2.69 bits per heavy atom. The number of amides is 2. The summed E-state index contributed by atoms with van der Waals surface area (Å²) in [6.45, 7) is 1.69. The second kappa shape index (κ2) is 8.52. The fraction of sp³-hybridized carbons (Fsp3) is 0.333. The molecule has 0 spiro atoms. The van der Waals surface area contributed by atoms with Gasteiger partial charge in [0.15, 0.2) is 0 Å². The summed E-state index contributed by atoms with van der Waals surface area (Å²) < 4.78 is 5.27. The van der Waals surface area contributed by atoms with Crippen LogP contribution in [0.4, 0.5) is 0 Å². The summed E-state index contributed by atoms with van der Waals surface area (Å²) in [5.41, 5.74) is 3.38. The molecule has 1 aliphatic heterocycles. The number of benzene rings is 2. The highest BCUT2D eigenvalue weighted by atomic mass is 16.5. The van der Waals surface area contributed by atoms with Crippen molar-refractivity contribution in [1.29, 1.82) is 0 Å². The monoisotopic (exact) mass is 352 g/mol. The fourth-order valence-electron chi connectivity index (χ4n) is 3.18. The van der Waals surface area contributed by atoms with Crippen molar-refractivity contribution in [3.63, 3.8) is 0 Å². The van der Waals surface area contributed by atoms with Gasteiger partial charge in [0.05, 0.1) is 13.5 Å². The van der Waals surface area contributed by atoms with Gasteiger partial charge in [-0.25, -0.2) is 0 Å². The van der Waals surface area contributed by atoms with Crippen molar-refractivity contribution in [3.8, 4) is 5.75 Å². The number of nitrogens with zero attached hydrogens (tertiary/aromatic N) is 1. The summed E-state index contributed by atoms with van der Waals surface area (Å²) in [6, 6.07) is 15.6. The minimum atomic E-state index is -0.0577. The molecule has 26 heavy (non-hydrogen) atoms. The Bertz CT molecular complexity index is 774. The number of rotatable bonds is 6. The summed E-state index contributed by atoms with van der Waals surface area (Å²) in [4.78, 5) is 26.3. The van der Waals surface area contributed by atoms with Gasteiger partial charge < -0.3 is 15.0 Å². The molecular formula is C21H24N2O3. The fourth-order valence-corrected chi connectivity index (χ4v) is 3.18. The highest BCUT2D eigenvalue weighted by Gasteiger charge is 2.20. The van der Waals surface area contributed by atoms with E-state index >= 15 is 0 Å². The highest BCUT2D eigenvalue weighted by Crippen LogP contribution is 2.24. The zero-order valence-corrected chi connectivity index (χ0v) is 15.0. The zero-order valence-electron chi connectivity index (χ0n) is 15.0. The van der Waals surface area contributed by atoms with Gasteiger partial charge in [-0.2, -0.15) is 0 Å². The molecule has 0 aromatic heterocycles. The number of hydrogen-bond acceptors (Lipinski definition) is 3. The lowest BCUT2D eigenvalue weighted by Crippen LogP contribution is -2.38. The Balaban J connectivity index is 1.46. The lowest BCUT2D eigenvalue weighted by molar-refractivity contribution is -0.132. The van der Waals surface area contributed by atoms with E-state index in [0.717, 1.165) is 29.8 Å². The third-order valence-electron chi connectivity index (χ3n) is 4.65. The minimum absolute atomic E-state index is 0.0577. The molecule has 0 atom stereocenters. The summed E-state index contributed by atoms with van der Waals surface area (Å²) in [7, 11) is 1.64. The number of ether oxygens (including phenoxy) is 1. The Morgan fingerprint density at radius 1 is 1.12 bits per heavy atom. The topological polar surface area (TPSA) is 58.6 Å². The van der Waals surface area contributed by atoms with Gasteiger partial charge in [-0.1, -0.05) is 36.4 Å². The molecule has 1 aliphatic rings. The summed E-state index contributed by atoms with van der Waals surface area (Å²) in [5, 5.41) is 2.83. The summed E-state index contributed by atoms with van der Waals surface area (Å²) in [6.07, 6.45) is 1.51. The maximum atomic E-state index is 12.4. The van der Waals surface area contributed by atoms with Gasteiger partial charge in [-0.05, 0) is 35.2 Å². The normalized spacial score (nSPS) is 13.0. The number of hydrogen-bond donors (Lipinski definition) is 1. The number of carbonyl (C=O) groups excluding carboxylic acids is 2. The Morgan fingerprint density at radius 2 is 1.92 bits per heavy atom. The Labute approximate surface area is 154 Å². The van der Waals surface area contributed by atoms with E-state index in [4.69, 9.17) is 4.74 Å². The van der Waals surface area contributed by atoms with Crippen LogP contribution in [0.3, 0.4) is 0 Å². The van der Waals surface area contributed by atoms with Gasteiger partial charge >= 0.3 is 0 Å². The Hall–Kier alpha value is -2.82. The highest BCUT2D eigenvalue weighted by molar-refractivity contribution is 5.80. The molecule has 0 radical (unpaired) electrons. The molecule has 5 nitrogen and oxygen atoms in total. The van der Waals surface area contributed by atoms with E-state index in [0.29, 0.717) is 25.9 Å². The van der Waals surface area contributed by atoms with Crippen molar-refractivity contribution >= 4 is 11.8 Å². The summed E-state index contributed by atoms with van der Waals surface area (Å²) >= 11 is 0. The third kappa shape index (κ3) is 4.63. The van der Waals surface area contributed by atoms with Crippen LogP contribution in [-0.4, -0.2) is 36.9 Å². The van der Waals surface area contributed by atoms with Crippen LogP contribution in [-0.2, 0) is 29.0 Å². The molecule has 2 aromatic rings. The summed E-state index contributed by atoms with van der Waals surface area (Å²) in [5.74, 6) is 0.822. The van der Waals surface area contributed by atoms with Crippen LogP contribution >= 0.6 is 0 Å². The second-order valence-electron chi connectivity index (χ2n) is 6.46. The van der Waals surface area contributed by atoms with E-state index in [1.165, 1.54) is 5.56 Å². The van der Waals surface area contributed by atoms with Crippen molar-refractivity contribution in [2.75, 3.05) is 20.2 Å². The zero-order chi connectivity index (χ0) is 18.4. The molecular weight excluding hydrogens is 328 g/mol. The standard InChI is InChI=1S/C21H24N2O3/c1-26-19-8-7-17-10-12-23(15-18(17)14-19)21(25)9-11-22-20(24)13-16-5-3-2-4-6-16/h2-8,14H,9-13,15H2,1H3,(H,22,24). The number of fused-ring (bicyclic) bond motifs is 1. The van der Waals surface area contributed by atoms with Crippen molar-refractivity contribution in [3.05, 3.63) is 65.2 Å². The van der Waals surface area contributed by atoms with E-state index < -0.39 is 0 Å². The molecule has 0 saturated carbocycles. The van der Waals surface area contributed by atoms with E-state index in [-0.39, 0.29) is 11.8 Å². The lowest BCUT2D eigenvalue weighted by Gasteiger charge is -2.29.